The fourth-order valence-electron chi connectivity index (χ4n) is 2.58. The lowest BCUT2D eigenvalue weighted by atomic mass is 9.83. The first-order valence-corrected chi connectivity index (χ1v) is 6.90. The quantitative estimate of drug-likeness (QED) is 0.876. The lowest BCUT2D eigenvalue weighted by Crippen LogP contribution is -2.29. The van der Waals surface area contributed by atoms with Gasteiger partial charge in [-0.25, -0.2) is 0 Å². The van der Waals surface area contributed by atoms with Gasteiger partial charge in [-0.2, -0.15) is 0 Å². The summed E-state index contributed by atoms with van der Waals surface area (Å²) in [6.45, 7) is 0. The Hall–Kier alpha value is -2.68. The summed E-state index contributed by atoms with van der Waals surface area (Å²) < 4.78 is 0. The summed E-state index contributed by atoms with van der Waals surface area (Å²) in [4.78, 5) is 24.4. The zero-order valence-electron chi connectivity index (χ0n) is 11.5. The second-order valence-corrected chi connectivity index (χ2v) is 5.03. The minimum Gasteiger partial charge on any atom is -0.332 e. The molecule has 0 aliphatic carbocycles. The van der Waals surface area contributed by atoms with Gasteiger partial charge >= 0.3 is 0 Å². The number of hydrogen-bond acceptors (Lipinski definition) is 2. The molecule has 0 bridgehead atoms. The SMILES string of the molecule is O=C1CC(c2ccccc2)C(C(=O)c2ccccc2)=CN1. The highest BCUT2D eigenvalue weighted by Gasteiger charge is 2.28. The summed E-state index contributed by atoms with van der Waals surface area (Å²) in [5.74, 6) is -0.287. The second-order valence-electron chi connectivity index (χ2n) is 5.03. The number of amides is 1. The third kappa shape index (κ3) is 2.77. The maximum Gasteiger partial charge on any atom is 0.224 e. The van der Waals surface area contributed by atoms with E-state index in [4.69, 9.17) is 0 Å². The van der Waals surface area contributed by atoms with Crippen molar-refractivity contribution < 1.29 is 9.59 Å². The molecule has 21 heavy (non-hydrogen) atoms. The largest absolute Gasteiger partial charge is 0.332 e. The van der Waals surface area contributed by atoms with Gasteiger partial charge in [0.05, 0.1) is 0 Å². The molecule has 0 radical (unpaired) electrons. The van der Waals surface area contributed by atoms with Crippen molar-refractivity contribution in [3.05, 3.63) is 83.6 Å². The van der Waals surface area contributed by atoms with Crippen molar-refractivity contribution in [1.29, 1.82) is 0 Å². The summed E-state index contributed by atoms with van der Waals surface area (Å²) in [7, 11) is 0. The molecule has 1 N–H and O–H groups in total. The zero-order valence-corrected chi connectivity index (χ0v) is 11.5. The summed E-state index contributed by atoms with van der Waals surface area (Å²) in [6, 6.07) is 18.8. The molecule has 1 amide bonds. The number of carbonyl (C=O) groups excluding carboxylic acids is 2. The molecule has 1 atom stereocenters. The Morgan fingerprint density at radius 1 is 0.952 bits per heavy atom. The number of carbonyl (C=O) groups is 2. The molecular weight excluding hydrogens is 262 g/mol. The number of allylic oxidation sites excluding steroid dienone is 1. The zero-order chi connectivity index (χ0) is 14.7. The molecule has 0 spiro atoms. The minimum absolute atomic E-state index is 0.0375. The number of benzene rings is 2. The van der Waals surface area contributed by atoms with Crippen molar-refractivity contribution >= 4 is 11.7 Å². The molecule has 3 rings (SSSR count). The van der Waals surface area contributed by atoms with E-state index in [1.165, 1.54) is 0 Å². The standard InChI is InChI=1S/C18H15NO2/c20-17-11-15(13-7-3-1-4-8-13)16(12-19-17)18(21)14-9-5-2-6-10-14/h1-10,12,15H,11H2,(H,19,20). The van der Waals surface area contributed by atoms with Crippen LogP contribution in [0.3, 0.4) is 0 Å². The van der Waals surface area contributed by atoms with Crippen LogP contribution in [0, 0.1) is 0 Å². The van der Waals surface area contributed by atoms with E-state index in [1.807, 2.05) is 48.5 Å². The van der Waals surface area contributed by atoms with Crippen molar-refractivity contribution in [2.75, 3.05) is 0 Å². The summed E-state index contributed by atoms with van der Waals surface area (Å²) in [5.41, 5.74) is 2.26. The van der Waals surface area contributed by atoms with Crippen molar-refractivity contribution in [3.8, 4) is 0 Å². The van der Waals surface area contributed by atoms with E-state index in [1.54, 1.807) is 18.3 Å². The van der Waals surface area contributed by atoms with E-state index in [-0.39, 0.29) is 17.6 Å². The molecule has 104 valence electrons. The Labute approximate surface area is 123 Å². The highest BCUT2D eigenvalue weighted by Crippen LogP contribution is 2.32. The Kier molecular flexibility index (Phi) is 3.65. The van der Waals surface area contributed by atoms with Gasteiger partial charge in [0.15, 0.2) is 5.78 Å². The van der Waals surface area contributed by atoms with E-state index in [0.717, 1.165) is 5.56 Å². The molecule has 1 aliphatic rings. The molecule has 0 fully saturated rings. The van der Waals surface area contributed by atoms with E-state index >= 15 is 0 Å². The molecular formula is C18H15NO2. The van der Waals surface area contributed by atoms with Crippen molar-refractivity contribution in [3.63, 3.8) is 0 Å². The molecule has 3 heteroatoms. The number of rotatable bonds is 3. The van der Waals surface area contributed by atoms with Crippen LogP contribution in [0.4, 0.5) is 0 Å². The lowest BCUT2D eigenvalue weighted by Gasteiger charge is -2.23. The van der Waals surface area contributed by atoms with Crippen LogP contribution in [0.25, 0.3) is 0 Å². The molecule has 3 nitrogen and oxygen atoms in total. The molecule has 1 unspecified atom stereocenters. The number of hydrogen-bond donors (Lipinski definition) is 1. The van der Waals surface area contributed by atoms with Crippen LogP contribution in [-0.4, -0.2) is 11.7 Å². The van der Waals surface area contributed by atoms with Crippen LogP contribution in [0.15, 0.2) is 72.4 Å². The lowest BCUT2D eigenvalue weighted by molar-refractivity contribution is -0.120. The monoisotopic (exact) mass is 277 g/mol. The topological polar surface area (TPSA) is 46.2 Å². The average molecular weight is 277 g/mol. The van der Waals surface area contributed by atoms with Crippen LogP contribution >= 0.6 is 0 Å². The van der Waals surface area contributed by atoms with Crippen molar-refractivity contribution in [2.24, 2.45) is 0 Å². The Morgan fingerprint density at radius 2 is 1.57 bits per heavy atom. The Balaban J connectivity index is 1.98. The Morgan fingerprint density at radius 3 is 2.24 bits per heavy atom. The summed E-state index contributed by atoms with van der Waals surface area (Å²) >= 11 is 0. The van der Waals surface area contributed by atoms with Crippen LogP contribution in [-0.2, 0) is 4.79 Å². The highest BCUT2D eigenvalue weighted by atomic mass is 16.2. The van der Waals surface area contributed by atoms with E-state index in [9.17, 15) is 9.59 Å². The summed E-state index contributed by atoms with van der Waals surface area (Å²) in [6.07, 6.45) is 1.85. The van der Waals surface area contributed by atoms with Gasteiger partial charge in [-0.15, -0.1) is 0 Å². The number of nitrogens with one attached hydrogen (secondary N) is 1. The number of ketones is 1. The first-order valence-electron chi connectivity index (χ1n) is 6.90. The van der Waals surface area contributed by atoms with Crippen LogP contribution in [0.2, 0.25) is 0 Å². The normalized spacial score (nSPS) is 17.8. The molecule has 0 saturated carbocycles. The highest BCUT2D eigenvalue weighted by molar-refractivity contribution is 6.10. The van der Waals surface area contributed by atoms with Gasteiger partial charge in [-0.3, -0.25) is 9.59 Å². The predicted octanol–water partition coefficient (Wildman–Crippen LogP) is 3.06. The summed E-state index contributed by atoms with van der Waals surface area (Å²) in [5, 5.41) is 2.66. The van der Waals surface area contributed by atoms with E-state index in [0.29, 0.717) is 17.6 Å². The third-order valence-electron chi connectivity index (χ3n) is 3.65. The van der Waals surface area contributed by atoms with E-state index in [2.05, 4.69) is 5.32 Å². The molecule has 0 saturated heterocycles. The first-order chi connectivity index (χ1) is 10.3. The van der Waals surface area contributed by atoms with Gasteiger partial charge in [0.2, 0.25) is 5.91 Å². The van der Waals surface area contributed by atoms with Crippen LogP contribution in [0.1, 0.15) is 28.3 Å². The fourth-order valence-corrected chi connectivity index (χ4v) is 2.58. The second kappa shape index (κ2) is 5.75. The van der Waals surface area contributed by atoms with Crippen LogP contribution in [0.5, 0.6) is 0 Å². The molecule has 0 aromatic heterocycles. The van der Waals surface area contributed by atoms with Gasteiger partial charge in [-0.05, 0) is 5.56 Å². The van der Waals surface area contributed by atoms with Gasteiger partial charge in [-0.1, -0.05) is 60.7 Å². The van der Waals surface area contributed by atoms with Crippen molar-refractivity contribution in [2.45, 2.75) is 12.3 Å². The van der Waals surface area contributed by atoms with Gasteiger partial charge in [0, 0.05) is 29.7 Å². The maximum atomic E-state index is 12.7. The minimum atomic E-state index is -0.187. The van der Waals surface area contributed by atoms with Gasteiger partial charge < -0.3 is 5.32 Å². The van der Waals surface area contributed by atoms with Gasteiger partial charge in [0.25, 0.3) is 0 Å². The molecule has 1 aliphatic heterocycles. The molecule has 2 aromatic rings. The maximum absolute atomic E-state index is 12.7. The van der Waals surface area contributed by atoms with Crippen molar-refractivity contribution in [1.82, 2.24) is 5.32 Å². The predicted molar refractivity (Wildman–Crippen MR) is 80.8 cm³/mol. The number of Topliss-reactive ketones (excluding diaryl/α,β-unsaturated/α-hetero) is 1. The third-order valence-corrected chi connectivity index (χ3v) is 3.65. The van der Waals surface area contributed by atoms with E-state index < -0.39 is 0 Å². The van der Waals surface area contributed by atoms with Crippen LogP contribution < -0.4 is 5.32 Å². The molecule has 2 aromatic carbocycles. The Bertz CT molecular complexity index is 690. The average Bonchev–Trinajstić information content (AvgIpc) is 2.56. The molecule has 1 heterocycles. The fraction of sp³-hybridized carbons (Fsp3) is 0.111. The first kappa shape index (κ1) is 13.3. The van der Waals surface area contributed by atoms with Gasteiger partial charge in [0.1, 0.15) is 0 Å². The smallest absolute Gasteiger partial charge is 0.224 e.